The highest BCUT2D eigenvalue weighted by Crippen LogP contribution is 2.31. The molecule has 0 radical (unpaired) electrons. The van der Waals surface area contributed by atoms with E-state index in [2.05, 4.69) is 0 Å². The van der Waals surface area contributed by atoms with Crippen molar-refractivity contribution < 1.29 is 17.7 Å². The van der Waals surface area contributed by atoms with Crippen LogP contribution in [0.25, 0.3) is 0 Å². The first-order chi connectivity index (χ1) is 10.6. The molecule has 2 aromatic carbocycles. The van der Waals surface area contributed by atoms with Crippen LogP contribution in [0, 0.1) is 22.9 Å². The maximum absolute atomic E-state index is 13.6. The Morgan fingerprint density at radius 1 is 1.22 bits per heavy atom. The van der Waals surface area contributed by atoms with Crippen molar-refractivity contribution in [2.75, 3.05) is 4.72 Å². The zero-order chi connectivity index (χ0) is 17.4. The summed E-state index contributed by atoms with van der Waals surface area (Å²) < 4.78 is 40.2. The molecular weight excluding hydrogens is 370 g/mol. The van der Waals surface area contributed by atoms with Gasteiger partial charge < -0.3 is 0 Å². The summed E-state index contributed by atoms with van der Waals surface area (Å²) in [7, 11) is -4.29. The molecule has 0 heterocycles. The Kier molecular flexibility index (Phi) is 4.79. The highest BCUT2D eigenvalue weighted by molar-refractivity contribution is 7.92. The maximum atomic E-state index is 13.6. The fraction of sp³-hybridized carbons (Fsp3) is 0.0769. The molecule has 6 nitrogen and oxygen atoms in total. The van der Waals surface area contributed by atoms with Crippen LogP contribution in [0.4, 0.5) is 15.8 Å². The number of hydrogen-bond acceptors (Lipinski definition) is 4. The molecule has 23 heavy (non-hydrogen) atoms. The van der Waals surface area contributed by atoms with E-state index < -0.39 is 31.3 Å². The third-order valence-corrected chi connectivity index (χ3v) is 4.94. The van der Waals surface area contributed by atoms with Gasteiger partial charge in [0.1, 0.15) is 5.82 Å². The SMILES string of the molecule is Cc1c(Cl)cc(S(=O)(=O)Nc2cc(Cl)ccc2F)cc1[N+](=O)[O-]. The van der Waals surface area contributed by atoms with E-state index in [1.165, 1.54) is 13.0 Å². The quantitative estimate of drug-likeness (QED) is 0.638. The highest BCUT2D eigenvalue weighted by atomic mass is 35.5. The second-order valence-corrected chi connectivity index (χ2v) is 7.06. The molecule has 1 N–H and O–H groups in total. The van der Waals surface area contributed by atoms with Gasteiger partial charge in [0.05, 0.1) is 20.5 Å². The van der Waals surface area contributed by atoms with Crippen molar-refractivity contribution in [3.8, 4) is 0 Å². The number of nitrogens with zero attached hydrogens (tertiary/aromatic N) is 1. The van der Waals surface area contributed by atoms with Gasteiger partial charge >= 0.3 is 0 Å². The smallest absolute Gasteiger partial charge is 0.275 e. The summed E-state index contributed by atoms with van der Waals surface area (Å²) in [5.41, 5.74) is -0.703. The largest absolute Gasteiger partial charge is 0.277 e. The van der Waals surface area contributed by atoms with Crippen LogP contribution in [-0.4, -0.2) is 13.3 Å². The van der Waals surface area contributed by atoms with Crippen LogP contribution in [0.2, 0.25) is 10.0 Å². The van der Waals surface area contributed by atoms with Crippen molar-refractivity contribution >= 4 is 44.6 Å². The van der Waals surface area contributed by atoms with Crippen LogP contribution >= 0.6 is 23.2 Å². The fourth-order valence-electron chi connectivity index (χ4n) is 1.76. The van der Waals surface area contributed by atoms with Crippen LogP contribution in [0.15, 0.2) is 35.2 Å². The van der Waals surface area contributed by atoms with Gasteiger partial charge in [-0.05, 0) is 31.2 Å². The van der Waals surface area contributed by atoms with E-state index in [1.807, 2.05) is 4.72 Å². The second-order valence-electron chi connectivity index (χ2n) is 4.54. The average molecular weight is 379 g/mol. The van der Waals surface area contributed by atoms with E-state index in [-0.39, 0.29) is 21.3 Å². The fourth-order valence-corrected chi connectivity index (χ4v) is 3.32. The molecule has 10 heteroatoms. The molecule has 0 amide bonds. The number of anilines is 1. The molecule has 0 aliphatic rings. The van der Waals surface area contributed by atoms with E-state index in [0.29, 0.717) is 0 Å². The molecule has 0 unspecified atom stereocenters. The third-order valence-electron chi connectivity index (χ3n) is 2.97. The number of nitro benzene ring substituents is 1. The van der Waals surface area contributed by atoms with Crippen LogP contribution in [0.1, 0.15) is 5.56 Å². The first-order valence-corrected chi connectivity index (χ1v) is 8.28. The lowest BCUT2D eigenvalue weighted by molar-refractivity contribution is -0.385. The minimum absolute atomic E-state index is 0.0915. The summed E-state index contributed by atoms with van der Waals surface area (Å²) in [6.07, 6.45) is 0. The van der Waals surface area contributed by atoms with E-state index in [4.69, 9.17) is 23.2 Å². The van der Waals surface area contributed by atoms with Crippen molar-refractivity contribution in [3.63, 3.8) is 0 Å². The van der Waals surface area contributed by atoms with Crippen molar-refractivity contribution in [2.24, 2.45) is 0 Å². The molecule has 0 saturated heterocycles. The zero-order valence-corrected chi connectivity index (χ0v) is 13.8. The minimum Gasteiger partial charge on any atom is -0.277 e. The van der Waals surface area contributed by atoms with Crippen LogP contribution < -0.4 is 4.72 Å². The predicted molar refractivity (Wildman–Crippen MR) is 85.1 cm³/mol. The van der Waals surface area contributed by atoms with E-state index in [0.717, 1.165) is 24.3 Å². The number of rotatable bonds is 4. The summed E-state index contributed by atoms with van der Waals surface area (Å²) in [6, 6.07) is 5.23. The number of hydrogen-bond donors (Lipinski definition) is 1. The molecular formula is C13H9Cl2FN2O4S. The molecule has 0 aliphatic heterocycles. The van der Waals surface area contributed by atoms with Gasteiger partial charge in [0.25, 0.3) is 15.7 Å². The number of nitrogens with one attached hydrogen (secondary N) is 1. The van der Waals surface area contributed by atoms with Crippen molar-refractivity contribution in [1.82, 2.24) is 0 Å². The Labute approximate surface area is 141 Å². The van der Waals surface area contributed by atoms with E-state index in [9.17, 15) is 22.9 Å². The van der Waals surface area contributed by atoms with Gasteiger partial charge in [-0.1, -0.05) is 23.2 Å². The molecule has 2 rings (SSSR count). The Morgan fingerprint density at radius 3 is 2.48 bits per heavy atom. The summed E-state index contributed by atoms with van der Waals surface area (Å²) in [4.78, 5) is 9.76. The van der Waals surface area contributed by atoms with Gasteiger partial charge in [0.2, 0.25) is 0 Å². The van der Waals surface area contributed by atoms with Gasteiger partial charge in [-0.3, -0.25) is 14.8 Å². The number of nitro groups is 1. The van der Waals surface area contributed by atoms with E-state index in [1.54, 1.807) is 0 Å². The molecule has 0 fully saturated rings. The Morgan fingerprint density at radius 2 is 1.87 bits per heavy atom. The summed E-state index contributed by atoms with van der Waals surface area (Å²) in [5.74, 6) is -0.842. The minimum atomic E-state index is -4.29. The first-order valence-electron chi connectivity index (χ1n) is 6.04. The molecule has 0 aromatic heterocycles. The van der Waals surface area contributed by atoms with Crippen LogP contribution in [0.5, 0.6) is 0 Å². The number of halogens is 3. The van der Waals surface area contributed by atoms with Gasteiger partial charge in [-0.15, -0.1) is 0 Å². The predicted octanol–water partition coefficient (Wildman–Crippen LogP) is 4.15. The van der Waals surface area contributed by atoms with E-state index >= 15 is 0 Å². The topological polar surface area (TPSA) is 89.3 Å². The molecule has 122 valence electrons. The Bertz CT molecular complexity index is 903. The molecule has 0 bridgehead atoms. The molecule has 0 atom stereocenters. The second kappa shape index (κ2) is 6.31. The lowest BCUT2D eigenvalue weighted by atomic mass is 10.2. The molecule has 0 saturated carbocycles. The Balaban J connectivity index is 2.52. The third kappa shape index (κ3) is 3.72. The molecule has 0 spiro atoms. The lowest BCUT2D eigenvalue weighted by Crippen LogP contribution is -2.14. The van der Waals surface area contributed by atoms with Gasteiger partial charge in [-0.2, -0.15) is 0 Å². The lowest BCUT2D eigenvalue weighted by Gasteiger charge is -2.10. The van der Waals surface area contributed by atoms with Crippen LogP contribution in [-0.2, 0) is 10.0 Å². The summed E-state index contributed by atoms with van der Waals surface area (Å²) in [5, 5.41) is 11.0. The van der Waals surface area contributed by atoms with Crippen molar-refractivity contribution in [3.05, 3.63) is 61.9 Å². The average Bonchev–Trinajstić information content (AvgIpc) is 2.44. The summed E-state index contributed by atoms with van der Waals surface area (Å²) >= 11 is 11.5. The van der Waals surface area contributed by atoms with Crippen molar-refractivity contribution in [1.29, 1.82) is 0 Å². The number of benzene rings is 2. The van der Waals surface area contributed by atoms with Gasteiger partial charge in [-0.25, -0.2) is 12.8 Å². The van der Waals surface area contributed by atoms with Gasteiger partial charge in [0.15, 0.2) is 0 Å². The molecule has 2 aromatic rings. The first kappa shape index (κ1) is 17.5. The van der Waals surface area contributed by atoms with Crippen molar-refractivity contribution in [2.45, 2.75) is 11.8 Å². The van der Waals surface area contributed by atoms with Crippen LogP contribution in [0.3, 0.4) is 0 Å². The standard InChI is InChI=1S/C13H9Cl2FN2O4S/c1-7-10(15)5-9(6-13(7)18(19)20)23(21,22)17-12-4-8(14)2-3-11(12)16/h2-6,17H,1H3. The normalized spacial score (nSPS) is 11.3. The number of sulfonamides is 1. The monoisotopic (exact) mass is 378 g/mol. The summed E-state index contributed by atoms with van der Waals surface area (Å²) in [6.45, 7) is 1.39. The zero-order valence-electron chi connectivity index (χ0n) is 11.5. The maximum Gasteiger partial charge on any atom is 0.275 e. The van der Waals surface area contributed by atoms with Gasteiger partial charge in [0, 0.05) is 16.7 Å². The molecule has 0 aliphatic carbocycles. The Hall–Kier alpha value is -1.90. The highest BCUT2D eigenvalue weighted by Gasteiger charge is 2.23.